The number of carbonyl (C=O) groups excluding carboxylic acids is 1. The molecule has 1 amide bonds. The van der Waals surface area contributed by atoms with E-state index in [1.807, 2.05) is 0 Å². The van der Waals surface area contributed by atoms with Crippen molar-refractivity contribution in [2.75, 3.05) is 5.32 Å². The maximum absolute atomic E-state index is 10.6. The van der Waals surface area contributed by atoms with Crippen molar-refractivity contribution < 1.29 is 4.79 Å². The average Bonchev–Trinajstić information content (AvgIpc) is 1.93. The third-order valence-electron chi connectivity index (χ3n) is 1.16. The molecule has 0 radical (unpaired) electrons. The molecule has 0 heterocycles. The fourth-order valence-electron chi connectivity index (χ4n) is 0.736. The van der Waals surface area contributed by atoms with Crippen molar-refractivity contribution in [3.8, 4) is 0 Å². The molecule has 0 aromatic heterocycles. The lowest BCUT2D eigenvalue weighted by atomic mass is 10.3. The number of hydrogen-bond donors (Lipinski definition) is 1. The second-order valence-corrected chi connectivity index (χ2v) is 2.62. The zero-order valence-electron chi connectivity index (χ0n) is 6.50. The lowest BCUT2D eigenvalue weighted by molar-refractivity contribution is -0.114. The molecule has 0 atom stereocenters. The normalized spacial score (nSPS) is 8.50. The van der Waals surface area contributed by atoms with Crippen LogP contribution in [-0.4, -0.2) is 5.91 Å². The second kappa shape index (κ2) is 5.01. The first kappa shape index (κ1) is 11.3. The first-order chi connectivity index (χ1) is 5.18. The quantitative estimate of drug-likeness (QED) is 0.751. The van der Waals surface area contributed by atoms with Gasteiger partial charge in [0, 0.05) is 17.6 Å². The van der Waals surface area contributed by atoms with Gasteiger partial charge in [0.05, 0.1) is 0 Å². The number of hydrogen-bond acceptors (Lipinski definition) is 1. The third-order valence-corrected chi connectivity index (χ3v) is 1.42. The zero-order valence-corrected chi connectivity index (χ0v) is 8.08. The van der Waals surface area contributed by atoms with E-state index in [0.29, 0.717) is 5.02 Å². The number of halogens is 2. The molecule has 12 heavy (non-hydrogen) atoms. The van der Waals surface area contributed by atoms with E-state index in [1.165, 1.54) is 6.92 Å². The lowest BCUT2D eigenvalue weighted by Crippen LogP contribution is -2.04. The van der Waals surface area contributed by atoms with Crippen LogP contribution in [0.2, 0.25) is 5.02 Å². The summed E-state index contributed by atoms with van der Waals surface area (Å²) < 4.78 is 0. The number of nitrogens with one attached hydrogen (secondary N) is 1. The molecule has 1 aromatic carbocycles. The Morgan fingerprint density at radius 3 is 2.25 bits per heavy atom. The van der Waals surface area contributed by atoms with Crippen LogP contribution < -0.4 is 5.32 Å². The monoisotopic (exact) mass is 205 g/mol. The van der Waals surface area contributed by atoms with Crippen LogP contribution in [0.15, 0.2) is 24.3 Å². The Kier molecular flexibility index (Phi) is 4.71. The largest absolute Gasteiger partial charge is 0.326 e. The molecule has 0 unspecified atom stereocenters. The molecule has 0 saturated carbocycles. The molecule has 66 valence electrons. The highest BCUT2D eigenvalue weighted by atomic mass is 35.5. The van der Waals surface area contributed by atoms with Gasteiger partial charge in [-0.2, -0.15) is 0 Å². The lowest BCUT2D eigenvalue weighted by Gasteiger charge is -1.99. The summed E-state index contributed by atoms with van der Waals surface area (Å²) in [7, 11) is 0. The summed E-state index contributed by atoms with van der Waals surface area (Å²) in [6, 6.07) is 6.97. The van der Waals surface area contributed by atoms with Crippen LogP contribution in [0.4, 0.5) is 5.69 Å². The van der Waals surface area contributed by atoms with E-state index in [9.17, 15) is 4.79 Å². The van der Waals surface area contributed by atoms with Gasteiger partial charge in [-0.3, -0.25) is 4.79 Å². The Morgan fingerprint density at radius 2 is 1.83 bits per heavy atom. The molecular weight excluding hydrogens is 197 g/mol. The van der Waals surface area contributed by atoms with Gasteiger partial charge < -0.3 is 5.32 Å². The minimum absolute atomic E-state index is 0. The summed E-state index contributed by atoms with van der Waals surface area (Å²) in [5, 5.41) is 3.30. The van der Waals surface area contributed by atoms with E-state index in [4.69, 9.17) is 11.6 Å². The molecule has 0 saturated heterocycles. The fraction of sp³-hybridized carbons (Fsp3) is 0.125. The molecule has 1 rings (SSSR count). The van der Waals surface area contributed by atoms with Crippen LogP contribution >= 0.6 is 24.0 Å². The topological polar surface area (TPSA) is 29.1 Å². The summed E-state index contributed by atoms with van der Waals surface area (Å²) in [5.74, 6) is -0.0766. The predicted molar refractivity (Wildman–Crippen MR) is 53.0 cm³/mol. The van der Waals surface area contributed by atoms with Crippen molar-refractivity contribution in [1.29, 1.82) is 0 Å². The van der Waals surface area contributed by atoms with E-state index in [-0.39, 0.29) is 18.3 Å². The highest BCUT2D eigenvalue weighted by molar-refractivity contribution is 6.30. The van der Waals surface area contributed by atoms with Crippen molar-refractivity contribution in [2.24, 2.45) is 0 Å². The molecule has 0 aliphatic rings. The van der Waals surface area contributed by atoms with Crippen LogP contribution in [0.5, 0.6) is 0 Å². The van der Waals surface area contributed by atoms with Crippen LogP contribution in [0, 0.1) is 0 Å². The second-order valence-electron chi connectivity index (χ2n) is 2.19. The molecule has 1 N–H and O–H groups in total. The summed E-state index contributed by atoms with van der Waals surface area (Å²) >= 11 is 5.64. The number of amides is 1. The Hall–Kier alpha value is -0.730. The summed E-state index contributed by atoms with van der Waals surface area (Å²) in [6.07, 6.45) is 0. The van der Waals surface area contributed by atoms with E-state index in [2.05, 4.69) is 5.32 Å². The van der Waals surface area contributed by atoms with E-state index in [1.54, 1.807) is 24.3 Å². The predicted octanol–water partition coefficient (Wildman–Crippen LogP) is 2.72. The molecule has 0 aliphatic heterocycles. The zero-order chi connectivity index (χ0) is 8.27. The summed E-state index contributed by atoms with van der Waals surface area (Å²) in [5.41, 5.74) is 0.766. The maximum Gasteiger partial charge on any atom is 0.221 e. The van der Waals surface area contributed by atoms with E-state index >= 15 is 0 Å². The molecular formula is C8H9Cl2NO. The first-order valence-electron chi connectivity index (χ1n) is 3.21. The Morgan fingerprint density at radius 1 is 1.33 bits per heavy atom. The highest BCUT2D eigenvalue weighted by Gasteiger charge is 1.93. The maximum atomic E-state index is 10.6. The summed E-state index contributed by atoms with van der Waals surface area (Å²) in [4.78, 5) is 10.6. The number of rotatable bonds is 1. The first-order valence-corrected chi connectivity index (χ1v) is 3.59. The number of anilines is 1. The molecule has 0 fully saturated rings. The van der Waals surface area contributed by atoms with Crippen molar-refractivity contribution in [3.05, 3.63) is 29.3 Å². The van der Waals surface area contributed by atoms with Crippen molar-refractivity contribution in [1.82, 2.24) is 0 Å². The van der Waals surface area contributed by atoms with Gasteiger partial charge in [-0.15, -0.1) is 12.4 Å². The smallest absolute Gasteiger partial charge is 0.221 e. The van der Waals surface area contributed by atoms with Crippen LogP contribution in [-0.2, 0) is 4.79 Å². The van der Waals surface area contributed by atoms with Gasteiger partial charge >= 0.3 is 0 Å². The SMILES string of the molecule is CC(=O)Nc1ccc(Cl)cc1.Cl. The Labute approximate surface area is 82.3 Å². The van der Waals surface area contributed by atoms with E-state index in [0.717, 1.165) is 5.69 Å². The van der Waals surface area contributed by atoms with Gasteiger partial charge in [-0.05, 0) is 24.3 Å². The Bertz CT molecular complexity index is 258. The van der Waals surface area contributed by atoms with E-state index < -0.39 is 0 Å². The van der Waals surface area contributed by atoms with Crippen LogP contribution in [0.3, 0.4) is 0 Å². The van der Waals surface area contributed by atoms with Gasteiger partial charge in [-0.1, -0.05) is 11.6 Å². The molecule has 0 spiro atoms. The van der Waals surface area contributed by atoms with Crippen LogP contribution in [0.1, 0.15) is 6.92 Å². The van der Waals surface area contributed by atoms with Crippen LogP contribution in [0.25, 0.3) is 0 Å². The molecule has 0 bridgehead atoms. The standard InChI is InChI=1S/C8H8ClNO.ClH/c1-6(11)10-8-4-2-7(9)3-5-8;/h2-5H,1H3,(H,10,11);1H. The van der Waals surface area contributed by atoms with Gasteiger partial charge in [0.25, 0.3) is 0 Å². The highest BCUT2D eigenvalue weighted by Crippen LogP contribution is 2.12. The molecule has 0 aliphatic carbocycles. The summed E-state index contributed by atoms with van der Waals surface area (Å²) in [6.45, 7) is 1.47. The molecule has 2 nitrogen and oxygen atoms in total. The molecule has 1 aromatic rings. The van der Waals surface area contributed by atoms with Gasteiger partial charge in [0.2, 0.25) is 5.91 Å². The minimum Gasteiger partial charge on any atom is -0.326 e. The van der Waals surface area contributed by atoms with Crippen molar-refractivity contribution in [3.63, 3.8) is 0 Å². The van der Waals surface area contributed by atoms with Gasteiger partial charge in [0.15, 0.2) is 0 Å². The van der Waals surface area contributed by atoms with Gasteiger partial charge in [0.1, 0.15) is 0 Å². The number of benzene rings is 1. The van der Waals surface area contributed by atoms with Gasteiger partial charge in [-0.25, -0.2) is 0 Å². The van der Waals surface area contributed by atoms with Crippen molar-refractivity contribution >= 4 is 35.6 Å². The minimum atomic E-state index is -0.0766. The number of carbonyl (C=O) groups is 1. The van der Waals surface area contributed by atoms with Crippen molar-refractivity contribution in [2.45, 2.75) is 6.92 Å². The fourth-order valence-corrected chi connectivity index (χ4v) is 0.862. The Balaban J connectivity index is 0.00000121. The third kappa shape index (κ3) is 3.60. The average molecular weight is 206 g/mol. The molecule has 4 heteroatoms.